The molecule has 1 N–H and O–H groups in total. The van der Waals surface area contributed by atoms with E-state index in [2.05, 4.69) is 65.2 Å². The molecule has 1 aliphatic carbocycles. The summed E-state index contributed by atoms with van der Waals surface area (Å²) in [5.41, 5.74) is 4.02. The minimum atomic E-state index is -0.0141. The number of hydrogen-bond donors (Lipinski definition) is 1. The lowest BCUT2D eigenvalue weighted by Gasteiger charge is -2.41. The number of pyridine rings is 1. The number of H-pyrrole nitrogens is 1. The van der Waals surface area contributed by atoms with Crippen LogP contribution < -0.4 is 5.56 Å². The van der Waals surface area contributed by atoms with E-state index < -0.39 is 0 Å². The molecule has 4 rings (SSSR count). The molecule has 0 saturated heterocycles. The van der Waals surface area contributed by atoms with Crippen LogP contribution in [0.5, 0.6) is 0 Å². The number of ether oxygens (including phenoxy) is 1. The molecule has 34 heavy (non-hydrogen) atoms. The van der Waals surface area contributed by atoms with Crippen LogP contribution in [0, 0.1) is 19.8 Å². The van der Waals surface area contributed by atoms with Crippen LogP contribution in [0.3, 0.4) is 0 Å². The molecular formula is C26H38N6O2. The number of methoxy groups -OCH3 is 1. The van der Waals surface area contributed by atoms with E-state index in [-0.39, 0.29) is 17.5 Å². The van der Waals surface area contributed by atoms with Crippen molar-refractivity contribution in [1.29, 1.82) is 0 Å². The summed E-state index contributed by atoms with van der Waals surface area (Å²) < 4.78 is 7.15. The number of benzene rings is 1. The van der Waals surface area contributed by atoms with Crippen molar-refractivity contribution in [2.45, 2.75) is 85.0 Å². The fraction of sp³-hybridized carbons (Fsp3) is 0.615. The van der Waals surface area contributed by atoms with Gasteiger partial charge >= 0.3 is 0 Å². The van der Waals surface area contributed by atoms with Gasteiger partial charge in [0, 0.05) is 36.2 Å². The first-order valence-electron chi connectivity index (χ1n) is 12.5. The van der Waals surface area contributed by atoms with Crippen molar-refractivity contribution >= 4 is 10.9 Å². The number of aromatic nitrogens is 5. The van der Waals surface area contributed by atoms with Crippen LogP contribution in [0.15, 0.2) is 23.0 Å². The fourth-order valence-electron chi connectivity index (χ4n) is 5.49. The Bertz CT molecular complexity index is 1160. The predicted molar refractivity (Wildman–Crippen MR) is 134 cm³/mol. The van der Waals surface area contributed by atoms with Gasteiger partial charge in [0.15, 0.2) is 5.82 Å². The SMILES string of the molecule is COCCn1nnnc1[C@H](C(C)C)N(Cc1cc2c(C)cc(C)cc2[nH]c1=O)C1CCCCC1. The monoisotopic (exact) mass is 466 g/mol. The van der Waals surface area contributed by atoms with Crippen molar-refractivity contribution in [3.8, 4) is 0 Å². The Kier molecular flexibility index (Phi) is 7.78. The largest absolute Gasteiger partial charge is 0.383 e. The van der Waals surface area contributed by atoms with Crippen molar-refractivity contribution in [2.75, 3.05) is 13.7 Å². The van der Waals surface area contributed by atoms with Crippen molar-refractivity contribution < 1.29 is 4.74 Å². The number of hydrogen-bond acceptors (Lipinski definition) is 6. The Balaban J connectivity index is 1.76. The van der Waals surface area contributed by atoms with Crippen LogP contribution in [0.2, 0.25) is 0 Å². The minimum absolute atomic E-state index is 0.00386. The van der Waals surface area contributed by atoms with E-state index in [1.807, 2.05) is 10.7 Å². The van der Waals surface area contributed by atoms with Gasteiger partial charge in [0.05, 0.1) is 19.2 Å². The van der Waals surface area contributed by atoms with Gasteiger partial charge in [-0.05, 0) is 66.3 Å². The zero-order chi connectivity index (χ0) is 24.2. The molecule has 0 bridgehead atoms. The topological polar surface area (TPSA) is 88.9 Å². The van der Waals surface area contributed by atoms with Crippen molar-refractivity contribution in [1.82, 2.24) is 30.1 Å². The molecule has 0 aliphatic heterocycles. The summed E-state index contributed by atoms with van der Waals surface area (Å²) in [6, 6.07) is 6.70. The summed E-state index contributed by atoms with van der Waals surface area (Å²) in [5.74, 6) is 1.12. The second kappa shape index (κ2) is 10.8. The van der Waals surface area contributed by atoms with Gasteiger partial charge in [0.2, 0.25) is 0 Å². The molecule has 184 valence electrons. The van der Waals surface area contributed by atoms with Crippen molar-refractivity contribution in [3.63, 3.8) is 0 Å². The number of tetrazole rings is 1. The quantitative estimate of drug-likeness (QED) is 0.505. The zero-order valence-electron chi connectivity index (χ0n) is 21.2. The first-order chi connectivity index (χ1) is 16.4. The first-order valence-corrected chi connectivity index (χ1v) is 12.5. The molecule has 0 spiro atoms. The zero-order valence-corrected chi connectivity index (χ0v) is 21.2. The summed E-state index contributed by atoms with van der Waals surface area (Å²) >= 11 is 0. The molecule has 8 heteroatoms. The second-order valence-electron chi connectivity index (χ2n) is 10.1. The third-order valence-electron chi connectivity index (χ3n) is 7.11. The number of aryl methyl sites for hydroxylation is 2. The fourth-order valence-corrected chi connectivity index (χ4v) is 5.49. The lowest BCUT2D eigenvalue weighted by atomic mass is 9.90. The van der Waals surface area contributed by atoms with E-state index in [9.17, 15) is 4.79 Å². The normalized spacial score (nSPS) is 16.1. The lowest BCUT2D eigenvalue weighted by Crippen LogP contribution is -2.43. The number of nitrogens with zero attached hydrogens (tertiary/aromatic N) is 5. The predicted octanol–water partition coefficient (Wildman–Crippen LogP) is 4.31. The Morgan fingerprint density at radius 1 is 1.18 bits per heavy atom. The maximum absolute atomic E-state index is 13.2. The van der Waals surface area contributed by atoms with Gasteiger partial charge in [-0.1, -0.05) is 39.2 Å². The maximum atomic E-state index is 13.2. The summed E-state index contributed by atoms with van der Waals surface area (Å²) in [6.45, 7) is 10.3. The van der Waals surface area contributed by atoms with Crippen LogP contribution in [-0.2, 0) is 17.8 Å². The number of aromatic amines is 1. The van der Waals surface area contributed by atoms with Gasteiger partial charge in [-0.25, -0.2) is 4.68 Å². The maximum Gasteiger partial charge on any atom is 0.252 e. The van der Waals surface area contributed by atoms with Crippen LogP contribution in [0.25, 0.3) is 10.9 Å². The highest BCUT2D eigenvalue weighted by molar-refractivity contribution is 5.83. The smallest absolute Gasteiger partial charge is 0.252 e. The molecule has 2 heterocycles. The lowest BCUT2D eigenvalue weighted by molar-refractivity contribution is 0.0597. The third-order valence-corrected chi connectivity index (χ3v) is 7.11. The third kappa shape index (κ3) is 5.23. The van der Waals surface area contributed by atoms with Crippen LogP contribution >= 0.6 is 0 Å². The molecule has 0 amide bonds. The number of nitrogens with one attached hydrogen (secondary N) is 1. The molecule has 0 radical (unpaired) electrons. The minimum Gasteiger partial charge on any atom is -0.383 e. The van der Waals surface area contributed by atoms with E-state index in [0.717, 1.165) is 40.7 Å². The average molecular weight is 467 g/mol. The Hall–Kier alpha value is -2.58. The van der Waals surface area contributed by atoms with E-state index >= 15 is 0 Å². The summed E-state index contributed by atoms with van der Waals surface area (Å²) in [6.07, 6.45) is 5.97. The van der Waals surface area contributed by atoms with Gasteiger partial charge in [0.1, 0.15) is 0 Å². The first kappa shape index (κ1) is 24.5. The van der Waals surface area contributed by atoms with Gasteiger partial charge < -0.3 is 9.72 Å². The molecule has 1 saturated carbocycles. The molecule has 8 nitrogen and oxygen atoms in total. The highest BCUT2D eigenvalue weighted by Crippen LogP contribution is 2.35. The molecule has 1 aliphatic rings. The van der Waals surface area contributed by atoms with E-state index in [4.69, 9.17) is 4.74 Å². The highest BCUT2D eigenvalue weighted by Gasteiger charge is 2.34. The summed E-state index contributed by atoms with van der Waals surface area (Å²) in [4.78, 5) is 18.9. The molecule has 1 aromatic carbocycles. The van der Waals surface area contributed by atoms with Crippen LogP contribution in [0.1, 0.15) is 74.5 Å². The standard InChI is InChI=1S/C26H38N6O2/c1-17(2)24(25-28-29-30-32(25)11-12-34-5)31(21-9-7-6-8-10-21)16-20-15-22-19(4)13-18(3)14-23(22)27-26(20)33/h13-15,17,21,24H,6-12,16H2,1-5H3,(H,27,33)/t24-/m0/s1. The van der Waals surface area contributed by atoms with Crippen LogP contribution in [0.4, 0.5) is 0 Å². The summed E-state index contributed by atoms with van der Waals surface area (Å²) in [5, 5.41) is 13.8. The van der Waals surface area contributed by atoms with Gasteiger partial charge in [-0.3, -0.25) is 9.69 Å². The van der Waals surface area contributed by atoms with E-state index in [0.29, 0.717) is 25.7 Å². The van der Waals surface area contributed by atoms with E-state index in [1.165, 1.54) is 24.8 Å². The van der Waals surface area contributed by atoms with Gasteiger partial charge in [0.25, 0.3) is 5.56 Å². The molecule has 1 atom stereocenters. The Morgan fingerprint density at radius 2 is 1.94 bits per heavy atom. The molecule has 1 fully saturated rings. The van der Waals surface area contributed by atoms with Crippen molar-refractivity contribution in [3.05, 3.63) is 51.1 Å². The van der Waals surface area contributed by atoms with E-state index in [1.54, 1.807) is 7.11 Å². The van der Waals surface area contributed by atoms with Gasteiger partial charge in [-0.2, -0.15) is 0 Å². The molecular weight excluding hydrogens is 428 g/mol. The summed E-state index contributed by atoms with van der Waals surface area (Å²) in [7, 11) is 1.69. The Labute approximate surface area is 201 Å². The number of rotatable bonds is 9. The van der Waals surface area contributed by atoms with Gasteiger partial charge in [-0.15, -0.1) is 5.10 Å². The molecule has 0 unspecified atom stereocenters. The van der Waals surface area contributed by atoms with Crippen molar-refractivity contribution in [2.24, 2.45) is 5.92 Å². The Morgan fingerprint density at radius 3 is 2.65 bits per heavy atom. The number of fused-ring (bicyclic) bond motifs is 1. The highest BCUT2D eigenvalue weighted by atomic mass is 16.5. The second-order valence-corrected chi connectivity index (χ2v) is 10.1. The molecule has 2 aromatic heterocycles. The molecule has 3 aromatic rings. The average Bonchev–Trinajstić information content (AvgIpc) is 3.26. The van der Waals surface area contributed by atoms with Crippen LogP contribution in [-0.4, -0.2) is 49.8 Å².